The van der Waals surface area contributed by atoms with Crippen molar-refractivity contribution in [1.29, 1.82) is 0 Å². The van der Waals surface area contributed by atoms with E-state index in [0.717, 1.165) is 19.3 Å². The maximum absolute atomic E-state index is 12.8. The molecule has 1 atom stereocenters. The highest BCUT2D eigenvalue weighted by molar-refractivity contribution is 6.18. The van der Waals surface area contributed by atoms with Gasteiger partial charge in [-0.15, -0.1) is 11.6 Å². The Hall–Kier alpha value is -1.02. The molecular formula is C16H22ClNO. The molecule has 1 amide bonds. The van der Waals surface area contributed by atoms with Crippen LogP contribution in [0.1, 0.15) is 43.7 Å². The highest BCUT2D eigenvalue weighted by Crippen LogP contribution is 2.33. The Morgan fingerprint density at radius 3 is 2.84 bits per heavy atom. The first-order chi connectivity index (χ1) is 9.15. The first-order valence-electron chi connectivity index (χ1n) is 7.09. The Bertz CT molecular complexity index is 444. The van der Waals surface area contributed by atoms with Gasteiger partial charge in [0.1, 0.15) is 0 Å². The van der Waals surface area contributed by atoms with Gasteiger partial charge in [-0.1, -0.05) is 24.3 Å². The molecule has 0 bridgehead atoms. The number of amides is 1. The van der Waals surface area contributed by atoms with E-state index >= 15 is 0 Å². The summed E-state index contributed by atoms with van der Waals surface area (Å²) in [5, 5.41) is 0. The molecule has 0 spiro atoms. The zero-order valence-corrected chi connectivity index (χ0v) is 12.5. The lowest BCUT2D eigenvalue weighted by Crippen LogP contribution is -2.42. The number of rotatable bonds is 4. The minimum Gasteiger partial charge on any atom is -0.339 e. The second kappa shape index (κ2) is 6.42. The minimum atomic E-state index is 0.0237. The van der Waals surface area contributed by atoms with Gasteiger partial charge in [0.15, 0.2) is 0 Å². The molecule has 0 saturated carbocycles. The molecule has 0 radical (unpaired) electrons. The number of carbonyl (C=O) groups excluding carboxylic acids is 1. The second-order valence-corrected chi connectivity index (χ2v) is 5.84. The molecule has 0 aromatic heterocycles. The lowest BCUT2D eigenvalue weighted by molar-refractivity contribution is -0.134. The number of carbonyl (C=O) groups is 1. The van der Waals surface area contributed by atoms with Gasteiger partial charge in [-0.05, 0) is 44.2 Å². The predicted molar refractivity (Wildman–Crippen MR) is 79.7 cm³/mol. The Labute approximate surface area is 120 Å². The zero-order valence-electron chi connectivity index (χ0n) is 11.7. The van der Waals surface area contributed by atoms with Crippen molar-refractivity contribution in [2.45, 2.75) is 45.1 Å². The Balaban J connectivity index is 2.24. The fourth-order valence-electron chi connectivity index (χ4n) is 2.92. The van der Waals surface area contributed by atoms with Crippen LogP contribution in [0.25, 0.3) is 0 Å². The normalized spacial score (nSPS) is 18.2. The molecule has 2 nitrogen and oxygen atoms in total. The molecule has 1 unspecified atom stereocenters. The third kappa shape index (κ3) is 3.11. The smallest absolute Gasteiger partial charge is 0.230 e. The van der Waals surface area contributed by atoms with E-state index in [-0.39, 0.29) is 17.9 Å². The summed E-state index contributed by atoms with van der Waals surface area (Å²) in [6, 6.07) is 8.56. The van der Waals surface area contributed by atoms with Crippen molar-refractivity contribution < 1.29 is 4.79 Å². The van der Waals surface area contributed by atoms with Gasteiger partial charge in [0.05, 0.1) is 5.92 Å². The molecule has 104 valence electrons. The molecule has 3 heteroatoms. The molecule has 1 aromatic rings. The molecule has 0 saturated heterocycles. The van der Waals surface area contributed by atoms with E-state index in [2.05, 4.69) is 32.0 Å². The molecule has 1 aliphatic rings. The summed E-state index contributed by atoms with van der Waals surface area (Å²) in [5.74, 6) is 0.761. The van der Waals surface area contributed by atoms with Crippen LogP contribution in [-0.4, -0.2) is 29.3 Å². The molecular weight excluding hydrogens is 258 g/mol. The molecule has 1 aromatic carbocycles. The number of nitrogens with zero attached hydrogens (tertiary/aromatic N) is 1. The molecule has 19 heavy (non-hydrogen) atoms. The Morgan fingerprint density at radius 2 is 2.16 bits per heavy atom. The third-order valence-electron chi connectivity index (χ3n) is 3.90. The average molecular weight is 280 g/mol. The summed E-state index contributed by atoms with van der Waals surface area (Å²) < 4.78 is 0. The minimum absolute atomic E-state index is 0.0237. The lowest BCUT2D eigenvalue weighted by atomic mass is 9.82. The van der Waals surface area contributed by atoms with Gasteiger partial charge >= 0.3 is 0 Å². The predicted octanol–water partition coefficient (Wildman–Crippen LogP) is 3.58. The van der Waals surface area contributed by atoms with Crippen molar-refractivity contribution >= 4 is 17.5 Å². The third-order valence-corrected chi connectivity index (χ3v) is 4.07. The van der Waals surface area contributed by atoms with Gasteiger partial charge in [0, 0.05) is 18.5 Å². The number of hydrogen-bond donors (Lipinski definition) is 0. The van der Waals surface area contributed by atoms with E-state index in [9.17, 15) is 4.79 Å². The van der Waals surface area contributed by atoms with Gasteiger partial charge in [-0.2, -0.15) is 0 Å². The van der Waals surface area contributed by atoms with E-state index in [4.69, 9.17) is 11.6 Å². The monoisotopic (exact) mass is 279 g/mol. The van der Waals surface area contributed by atoms with Crippen LogP contribution in [-0.2, 0) is 11.2 Å². The summed E-state index contributed by atoms with van der Waals surface area (Å²) in [7, 11) is 0. The van der Waals surface area contributed by atoms with E-state index in [1.54, 1.807) is 0 Å². The van der Waals surface area contributed by atoms with Crippen molar-refractivity contribution in [1.82, 2.24) is 4.90 Å². The van der Waals surface area contributed by atoms with Crippen molar-refractivity contribution in [3.63, 3.8) is 0 Å². The van der Waals surface area contributed by atoms with Crippen LogP contribution in [0.5, 0.6) is 0 Å². The molecule has 0 aliphatic heterocycles. The van der Waals surface area contributed by atoms with E-state index in [0.29, 0.717) is 12.4 Å². The SMILES string of the molecule is CC(C)N(CCCl)C(=O)C1CCCc2ccccc21. The number of fused-ring (bicyclic) bond motifs is 1. The lowest BCUT2D eigenvalue weighted by Gasteiger charge is -2.33. The van der Waals surface area contributed by atoms with Crippen LogP contribution >= 0.6 is 11.6 Å². The fraction of sp³-hybridized carbons (Fsp3) is 0.562. The largest absolute Gasteiger partial charge is 0.339 e. The van der Waals surface area contributed by atoms with E-state index in [1.807, 2.05) is 11.0 Å². The topological polar surface area (TPSA) is 20.3 Å². The molecule has 1 aliphatic carbocycles. The highest BCUT2D eigenvalue weighted by atomic mass is 35.5. The summed E-state index contributed by atoms with van der Waals surface area (Å²) in [4.78, 5) is 14.7. The van der Waals surface area contributed by atoms with Crippen LogP contribution in [0.15, 0.2) is 24.3 Å². The highest BCUT2D eigenvalue weighted by Gasteiger charge is 2.30. The van der Waals surface area contributed by atoms with Crippen molar-refractivity contribution in [3.8, 4) is 0 Å². The van der Waals surface area contributed by atoms with Gasteiger partial charge in [-0.3, -0.25) is 4.79 Å². The number of halogens is 1. The van der Waals surface area contributed by atoms with Crippen LogP contribution in [0, 0.1) is 0 Å². The Morgan fingerprint density at radius 1 is 1.42 bits per heavy atom. The molecule has 0 heterocycles. The second-order valence-electron chi connectivity index (χ2n) is 5.46. The zero-order chi connectivity index (χ0) is 13.8. The van der Waals surface area contributed by atoms with Crippen molar-refractivity contribution in [3.05, 3.63) is 35.4 Å². The average Bonchev–Trinajstić information content (AvgIpc) is 2.43. The van der Waals surface area contributed by atoms with Gasteiger partial charge in [0.2, 0.25) is 5.91 Å². The summed E-state index contributed by atoms with van der Waals surface area (Å²) in [5.41, 5.74) is 2.56. The maximum atomic E-state index is 12.8. The summed E-state index contributed by atoms with van der Waals surface area (Å²) in [6.07, 6.45) is 3.15. The molecule has 2 rings (SSSR count). The van der Waals surface area contributed by atoms with Gasteiger partial charge < -0.3 is 4.90 Å². The quantitative estimate of drug-likeness (QED) is 0.772. The molecule has 0 fully saturated rings. The number of aryl methyl sites for hydroxylation is 1. The van der Waals surface area contributed by atoms with E-state index in [1.165, 1.54) is 11.1 Å². The first-order valence-corrected chi connectivity index (χ1v) is 7.63. The number of alkyl halides is 1. The first kappa shape index (κ1) is 14.4. The van der Waals surface area contributed by atoms with Crippen LogP contribution < -0.4 is 0 Å². The van der Waals surface area contributed by atoms with Gasteiger partial charge in [0.25, 0.3) is 0 Å². The van der Waals surface area contributed by atoms with Gasteiger partial charge in [-0.25, -0.2) is 0 Å². The standard InChI is InChI=1S/C16H22ClNO/c1-12(2)18(11-10-17)16(19)15-9-5-7-13-6-3-4-8-14(13)15/h3-4,6,8,12,15H,5,7,9-11H2,1-2H3. The van der Waals surface area contributed by atoms with Crippen LogP contribution in [0.3, 0.4) is 0 Å². The summed E-state index contributed by atoms with van der Waals surface area (Å²) >= 11 is 5.83. The molecule has 0 N–H and O–H groups in total. The maximum Gasteiger partial charge on any atom is 0.230 e. The summed E-state index contributed by atoms with van der Waals surface area (Å²) in [6.45, 7) is 4.75. The number of benzene rings is 1. The van der Waals surface area contributed by atoms with Crippen LogP contribution in [0.4, 0.5) is 0 Å². The van der Waals surface area contributed by atoms with Crippen LogP contribution in [0.2, 0.25) is 0 Å². The number of hydrogen-bond acceptors (Lipinski definition) is 1. The fourth-order valence-corrected chi connectivity index (χ4v) is 3.11. The van der Waals surface area contributed by atoms with Crippen molar-refractivity contribution in [2.24, 2.45) is 0 Å². The Kier molecular flexibility index (Phi) is 4.87. The van der Waals surface area contributed by atoms with E-state index < -0.39 is 0 Å². The van der Waals surface area contributed by atoms with Crippen molar-refractivity contribution in [2.75, 3.05) is 12.4 Å².